The highest BCUT2D eigenvalue weighted by atomic mass is 19.2. The van der Waals surface area contributed by atoms with Gasteiger partial charge in [-0.2, -0.15) is 0 Å². The van der Waals surface area contributed by atoms with Gasteiger partial charge < -0.3 is 5.32 Å². The minimum atomic E-state index is -1.13. The largest absolute Gasteiger partial charge is 0.316 e. The summed E-state index contributed by atoms with van der Waals surface area (Å²) in [6.07, 6.45) is 2.21. The number of rotatable bonds is 8. The summed E-state index contributed by atoms with van der Waals surface area (Å²) in [4.78, 5) is 0. The molecule has 1 atom stereocenters. The lowest BCUT2D eigenvalue weighted by molar-refractivity contribution is 0.446. The van der Waals surface area contributed by atoms with Gasteiger partial charge in [0.15, 0.2) is 11.6 Å². The summed E-state index contributed by atoms with van der Waals surface area (Å²) in [5.74, 6) is -1.72. The van der Waals surface area contributed by atoms with Crippen LogP contribution in [0.25, 0.3) is 0 Å². The van der Waals surface area contributed by atoms with Crippen LogP contribution in [0.15, 0.2) is 12.1 Å². The lowest BCUT2D eigenvalue weighted by atomic mass is 9.98. The van der Waals surface area contributed by atoms with Crippen molar-refractivity contribution in [1.82, 2.24) is 5.32 Å². The Labute approximate surface area is 119 Å². The zero-order valence-electron chi connectivity index (χ0n) is 12.5. The third kappa shape index (κ3) is 5.95. The number of hydrogen-bond acceptors (Lipinski definition) is 1. The van der Waals surface area contributed by atoms with Crippen LogP contribution < -0.4 is 5.32 Å². The maximum atomic E-state index is 13.5. The maximum Gasteiger partial charge on any atom is 0.161 e. The van der Waals surface area contributed by atoms with E-state index in [0.29, 0.717) is 24.3 Å². The van der Waals surface area contributed by atoms with Crippen LogP contribution in [0.3, 0.4) is 0 Å². The first-order chi connectivity index (χ1) is 9.40. The predicted molar refractivity (Wildman–Crippen MR) is 76.1 cm³/mol. The van der Waals surface area contributed by atoms with Gasteiger partial charge in [-0.3, -0.25) is 0 Å². The van der Waals surface area contributed by atoms with Gasteiger partial charge in [-0.15, -0.1) is 0 Å². The molecule has 0 bridgehead atoms. The van der Waals surface area contributed by atoms with Gasteiger partial charge in [-0.05, 0) is 55.8 Å². The van der Waals surface area contributed by atoms with Crippen LogP contribution in [0.2, 0.25) is 0 Å². The van der Waals surface area contributed by atoms with Crippen molar-refractivity contribution in [2.45, 2.75) is 40.0 Å². The van der Waals surface area contributed by atoms with Crippen molar-refractivity contribution in [1.29, 1.82) is 0 Å². The Morgan fingerprint density at radius 1 is 0.950 bits per heavy atom. The quantitative estimate of drug-likeness (QED) is 0.555. The van der Waals surface area contributed by atoms with Gasteiger partial charge in [0, 0.05) is 6.07 Å². The first-order valence-electron chi connectivity index (χ1n) is 7.24. The molecule has 1 aromatic carbocycles. The predicted octanol–water partition coefficient (Wildman–Crippen LogP) is 4.31. The average molecular weight is 287 g/mol. The molecule has 0 radical (unpaired) electrons. The summed E-state index contributed by atoms with van der Waals surface area (Å²) >= 11 is 0. The summed E-state index contributed by atoms with van der Waals surface area (Å²) in [6.45, 7) is 8.32. The van der Waals surface area contributed by atoms with E-state index in [-0.39, 0.29) is 5.56 Å². The fraction of sp³-hybridized carbons (Fsp3) is 0.625. The average Bonchev–Trinajstić information content (AvgIpc) is 2.37. The maximum absolute atomic E-state index is 13.5. The van der Waals surface area contributed by atoms with E-state index in [9.17, 15) is 13.2 Å². The number of nitrogens with one attached hydrogen (secondary N) is 1. The summed E-state index contributed by atoms with van der Waals surface area (Å²) < 4.78 is 39.3. The van der Waals surface area contributed by atoms with Crippen molar-refractivity contribution in [2.75, 3.05) is 13.1 Å². The van der Waals surface area contributed by atoms with Gasteiger partial charge in [-0.1, -0.05) is 20.8 Å². The van der Waals surface area contributed by atoms with Gasteiger partial charge in [0.2, 0.25) is 0 Å². The molecule has 0 saturated carbocycles. The Kier molecular flexibility index (Phi) is 7.06. The molecule has 20 heavy (non-hydrogen) atoms. The van der Waals surface area contributed by atoms with Crippen LogP contribution in [0, 0.1) is 29.3 Å². The molecule has 0 saturated heterocycles. The standard InChI is InChI=1S/C16H24F3N/c1-11(2)10-20-7-6-12(3)4-5-13-8-15(18)16(19)9-14(13)17/h8-9,11-12,20H,4-7,10H2,1-3H3. The van der Waals surface area contributed by atoms with Crippen molar-refractivity contribution in [3.05, 3.63) is 35.1 Å². The Bertz CT molecular complexity index is 418. The molecule has 0 heterocycles. The van der Waals surface area contributed by atoms with Gasteiger partial charge in [0.1, 0.15) is 5.82 Å². The molecule has 1 nitrogen and oxygen atoms in total. The molecule has 1 N–H and O–H groups in total. The van der Waals surface area contributed by atoms with Crippen LogP contribution in [0.1, 0.15) is 39.2 Å². The number of aryl methyl sites for hydroxylation is 1. The van der Waals surface area contributed by atoms with Crippen LogP contribution in [-0.4, -0.2) is 13.1 Å². The molecule has 1 unspecified atom stereocenters. The van der Waals surface area contributed by atoms with E-state index in [1.165, 1.54) is 0 Å². The molecule has 1 aromatic rings. The van der Waals surface area contributed by atoms with E-state index in [2.05, 4.69) is 26.1 Å². The van der Waals surface area contributed by atoms with E-state index < -0.39 is 17.5 Å². The molecule has 0 aliphatic rings. The van der Waals surface area contributed by atoms with Crippen LogP contribution in [-0.2, 0) is 6.42 Å². The second kappa shape index (κ2) is 8.30. The second-order valence-electron chi connectivity index (χ2n) is 5.89. The summed E-state index contributed by atoms with van der Waals surface area (Å²) in [5.41, 5.74) is 0.255. The monoisotopic (exact) mass is 287 g/mol. The van der Waals surface area contributed by atoms with Crippen molar-refractivity contribution >= 4 is 0 Å². The minimum absolute atomic E-state index is 0.255. The molecular formula is C16H24F3N. The lowest BCUT2D eigenvalue weighted by Gasteiger charge is -2.13. The highest BCUT2D eigenvalue weighted by Crippen LogP contribution is 2.18. The van der Waals surface area contributed by atoms with E-state index in [0.717, 1.165) is 32.0 Å². The summed E-state index contributed by atoms with van der Waals surface area (Å²) in [5, 5.41) is 3.36. The first-order valence-corrected chi connectivity index (χ1v) is 7.24. The molecule has 4 heteroatoms. The van der Waals surface area contributed by atoms with Crippen LogP contribution >= 0.6 is 0 Å². The fourth-order valence-corrected chi connectivity index (χ4v) is 2.04. The Balaban J connectivity index is 2.34. The molecule has 0 aliphatic carbocycles. The Morgan fingerprint density at radius 3 is 2.25 bits per heavy atom. The zero-order chi connectivity index (χ0) is 15.1. The van der Waals surface area contributed by atoms with Crippen molar-refractivity contribution in [2.24, 2.45) is 11.8 Å². The SMILES string of the molecule is CC(C)CNCCC(C)CCc1cc(F)c(F)cc1F. The highest BCUT2D eigenvalue weighted by Gasteiger charge is 2.11. The number of benzene rings is 1. The fourth-order valence-electron chi connectivity index (χ4n) is 2.04. The van der Waals surface area contributed by atoms with Crippen LogP contribution in [0.4, 0.5) is 13.2 Å². The zero-order valence-corrected chi connectivity index (χ0v) is 12.5. The molecular weight excluding hydrogens is 263 g/mol. The Hall–Kier alpha value is -1.03. The third-order valence-corrected chi connectivity index (χ3v) is 3.36. The smallest absolute Gasteiger partial charge is 0.161 e. The third-order valence-electron chi connectivity index (χ3n) is 3.36. The van der Waals surface area contributed by atoms with E-state index in [1.807, 2.05) is 0 Å². The van der Waals surface area contributed by atoms with Crippen molar-refractivity contribution in [3.63, 3.8) is 0 Å². The lowest BCUT2D eigenvalue weighted by Crippen LogP contribution is -2.22. The van der Waals surface area contributed by atoms with Gasteiger partial charge in [0.25, 0.3) is 0 Å². The Morgan fingerprint density at radius 2 is 1.60 bits per heavy atom. The number of halogens is 3. The molecule has 0 fully saturated rings. The molecule has 0 spiro atoms. The minimum Gasteiger partial charge on any atom is -0.316 e. The van der Waals surface area contributed by atoms with Gasteiger partial charge in [0.05, 0.1) is 0 Å². The van der Waals surface area contributed by atoms with E-state index in [4.69, 9.17) is 0 Å². The molecule has 114 valence electrons. The summed E-state index contributed by atoms with van der Waals surface area (Å²) in [7, 11) is 0. The molecule has 1 rings (SSSR count). The number of hydrogen-bond donors (Lipinski definition) is 1. The molecule has 0 amide bonds. The van der Waals surface area contributed by atoms with Crippen LogP contribution in [0.5, 0.6) is 0 Å². The van der Waals surface area contributed by atoms with Crippen molar-refractivity contribution in [3.8, 4) is 0 Å². The van der Waals surface area contributed by atoms with E-state index in [1.54, 1.807) is 0 Å². The molecule has 0 aliphatic heterocycles. The summed E-state index contributed by atoms with van der Waals surface area (Å²) in [6, 6.07) is 1.59. The van der Waals surface area contributed by atoms with Gasteiger partial charge >= 0.3 is 0 Å². The topological polar surface area (TPSA) is 12.0 Å². The molecule has 0 aromatic heterocycles. The van der Waals surface area contributed by atoms with Gasteiger partial charge in [-0.25, -0.2) is 13.2 Å². The first kappa shape index (κ1) is 17.0. The highest BCUT2D eigenvalue weighted by molar-refractivity contribution is 5.20. The normalized spacial score (nSPS) is 12.9. The second-order valence-corrected chi connectivity index (χ2v) is 5.89. The van der Waals surface area contributed by atoms with E-state index >= 15 is 0 Å². The van der Waals surface area contributed by atoms with Crippen molar-refractivity contribution < 1.29 is 13.2 Å².